The summed E-state index contributed by atoms with van der Waals surface area (Å²) in [6.45, 7) is -0.0331. The fraction of sp³-hybridized carbons (Fsp3) is 0.818. The van der Waals surface area contributed by atoms with Gasteiger partial charge in [0.1, 0.15) is 5.41 Å². The Labute approximate surface area is 108 Å². The van der Waals surface area contributed by atoms with Crippen LogP contribution in [0.1, 0.15) is 25.7 Å². The number of hydrogen-bond donors (Lipinski definition) is 2. The summed E-state index contributed by atoms with van der Waals surface area (Å²) in [4.78, 5) is 13.4. The molecule has 1 saturated carbocycles. The van der Waals surface area contributed by atoms with Gasteiger partial charge in [0.25, 0.3) is 0 Å². The number of nitrogens with zero attached hydrogens (tertiary/aromatic N) is 2. The molecule has 1 aliphatic carbocycles. The Balaban J connectivity index is 2.08. The molecule has 1 atom stereocenters. The van der Waals surface area contributed by atoms with Gasteiger partial charge in [-0.2, -0.15) is 13.2 Å². The fourth-order valence-corrected chi connectivity index (χ4v) is 2.53. The van der Waals surface area contributed by atoms with Crippen molar-refractivity contribution in [2.45, 2.75) is 31.9 Å². The van der Waals surface area contributed by atoms with Crippen molar-refractivity contribution in [1.29, 1.82) is 0 Å². The van der Waals surface area contributed by atoms with Crippen LogP contribution >= 0.6 is 0 Å². The van der Waals surface area contributed by atoms with Gasteiger partial charge in [-0.15, -0.1) is 0 Å². The third-order valence-corrected chi connectivity index (χ3v) is 3.93. The second-order valence-electron chi connectivity index (χ2n) is 5.20. The predicted molar refractivity (Wildman–Crippen MR) is 60.4 cm³/mol. The molecule has 108 valence electrons. The summed E-state index contributed by atoms with van der Waals surface area (Å²) >= 11 is 0. The maximum absolute atomic E-state index is 12.7. The highest BCUT2D eigenvalue weighted by Crippen LogP contribution is 2.48. The largest absolute Gasteiger partial charge is 0.409 e. The molecule has 1 saturated heterocycles. The third kappa shape index (κ3) is 2.48. The van der Waals surface area contributed by atoms with E-state index in [1.807, 2.05) is 0 Å². The van der Waals surface area contributed by atoms with Gasteiger partial charge in [0.2, 0.25) is 5.91 Å². The molecule has 0 aromatic carbocycles. The van der Waals surface area contributed by atoms with E-state index in [-0.39, 0.29) is 18.8 Å². The minimum atomic E-state index is -4.29. The van der Waals surface area contributed by atoms with Gasteiger partial charge in [-0.3, -0.25) is 4.79 Å². The number of alkyl halides is 3. The number of amides is 1. The van der Waals surface area contributed by atoms with Gasteiger partial charge >= 0.3 is 6.18 Å². The Bertz CT molecular complexity index is 404. The molecule has 2 aliphatic rings. The molecule has 19 heavy (non-hydrogen) atoms. The van der Waals surface area contributed by atoms with Crippen LogP contribution in [0, 0.1) is 11.3 Å². The van der Waals surface area contributed by atoms with Crippen molar-refractivity contribution >= 4 is 11.7 Å². The molecule has 3 N–H and O–H groups in total. The number of likely N-dealkylation sites (tertiary alicyclic amines) is 1. The molecule has 0 aromatic heterocycles. The smallest absolute Gasteiger partial charge is 0.393 e. The number of nitrogens with two attached hydrogens (primary N) is 1. The van der Waals surface area contributed by atoms with Crippen molar-refractivity contribution in [1.82, 2.24) is 4.90 Å². The summed E-state index contributed by atoms with van der Waals surface area (Å²) in [5.41, 5.74) is 4.40. The molecule has 0 spiro atoms. The van der Waals surface area contributed by atoms with Gasteiger partial charge in [-0.1, -0.05) is 5.16 Å². The lowest BCUT2D eigenvalue weighted by atomic mass is 9.95. The number of piperidine rings is 1. The van der Waals surface area contributed by atoms with E-state index in [1.54, 1.807) is 0 Å². The first-order valence-electron chi connectivity index (χ1n) is 6.15. The minimum Gasteiger partial charge on any atom is -0.409 e. The number of carbonyl (C=O) groups excluding carboxylic acids is 1. The van der Waals surface area contributed by atoms with Crippen LogP contribution in [-0.4, -0.2) is 41.1 Å². The monoisotopic (exact) mass is 279 g/mol. The lowest BCUT2D eigenvalue weighted by Gasteiger charge is -2.35. The average molecular weight is 279 g/mol. The van der Waals surface area contributed by atoms with Crippen LogP contribution in [-0.2, 0) is 4.79 Å². The first-order valence-corrected chi connectivity index (χ1v) is 6.15. The Morgan fingerprint density at radius 3 is 2.53 bits per heavy atom. The molecule has 2 fully saturated rings. The zero-order valence-corrected chi connectivity index (χ0v) is 10.3. The maximum atomic E-state index is 12.7. The molecule has 0 bridgehead atoms. The van der Waals surface area contributed by atoms with Crippen LogP contribution in [0.25, 0.3) is 0 Å². The number of oxime groups is 1. The van der Waals surface area contributed by atoms with Crippen LogP contribution in [0.5, 0.6) is 0 Å². The van der Waals surface area contributed by atoms with Crippen molar-refractivity contribution in [3.05, 3.63) is 0 Å². The molecule has 1 aliphatic heterocycles. The highest BCUT2D eigenvalue weighted by Gasteiger charge is 2.57. The van der Waals surface area contributed by atoms with E-state index in [9.17, 15) is 18.0 Å². The molecule has 1 unspecified atom stereocenters. The van der Waals surface area contributed by atoms with Crippen molar-refractivity contribution < 1.29 is 23.2 Å². The summed E-state index contributed by atoms with van der Waals surface area (Å²) in [5, 5.41) is 11.5. The van der Waals surface area contributed by atoms with E-state index >= 15 is 0 Å². The Kier molecular flexibility index (Phi) is 3.36. The van der Waals surface area contributed by atoms with Gasteiger partial charge in [-0.25, -0.2) is 0 Å². The quantitative estimate of drug-likeness (QED) is 0.346. The van der Waals surface area contributed by atoms with Crippen molar-refractivity contribution in [3.8, 4) is 0 Å². The highest BCUT2D eigenvalue weighted by atomic mass is 19.4. The highest BCUT2D eigenvalue weighted by molar-refractivity contribution is 6.09. The van der Waals surface area contributed by atoms with Crippen LogP contribution in [0.3, 0.4) is 0 Å². The lowest BCUT2D eigenvalue weighted by Crippen LogP contribution is -2.50. The summed E-state index contributed by atoms with van der Waals surface area (Å²) in [7, 11) is 0. The zero-order valence-electron chi connectivity index (χ0n) is 10.3. The molecular weight excluding hydrogens is 263 g/mol. The van der Waals surface area contributed by atoms with E-state index in [2.05, 4.69) is 5.16 Å². The van der Waals surface area contributed by atoms with Gasteiger partial charge < -0.3 is 15.8 Å². The molecule has 1 heterocycles. The molecular formula is C11H16F3N3O2. The first kappa shape index (κ1) is 14.0. The maximum Gasteiger partial charge on any atom is 0.393 e. The molecule has 2 rings (SSSR count). The van der Waals surface area contributed by atoms with Gasteiger partial charge in [-0.05, 0) is 25.7 Å². The minimum absolute atomic E-state index is 0.0455. The van der Waals surface area contributed by atoms with E-state index in [0.717, 1.165) is 0 Å². The van der Waals surface area contributed by atoms with Gasteiger partial charge in [0.15, 0.2) is 5.84 Å². The van der Waals surface area contributed by atoms with Crippen LogP contribution < -0.4 is 5.73 Å². The summed E-state index contributed by atoms with van der Waals surface area (Å²) in [5.74, 6) is -2.13. The first-order chi connectivity index (χ1) is 8.81. The average Bonchev–Trinajstić information content (AvgIpc) is 3.17. The number of amidine groups is 1. The number of hydrogen-bond acceptors (Lipinski definition) is 3. The Morgan fingerprint density at radius 2 is 2.05 bits per heavy atom. The van der Waals surface area contributed by atoms with Crippen molar-refractivity contribution in [3.63, 3.8) is 0 Å². The number of halogens is 3. The van der Waals surface area contributed by atoms with E-state index in [0.29, 0.717) is 25.8 Å². The van der Waals surface area contributed by atoms with Crippen LogP contribution in [0.4, 0.5) is 13.2 Å². The Morgan fingerprint density at radius 1 is 1.42 bits per heavy atom. The second kappa shape index (κ2) is 4.57. The molecule has 0 radical (unpaired) electrons. The van der Waals surface area contributed by atoms with Crippen molar-refractivity contribution in [2.75, 3.05) is 13.1 Å². The molecule has 1 amide bonds. The van der Waals surface area contributed by atoms with Gasteiger partial charge in [0, 0.05) is 13.1 Å². The zero-order chi connectivity index (χ0) is 14.3. The lowest BCUT2D eigenvalue weighted by molar-refractivity contribution is -0.188. The fourth-order valence-electron chi connectivity index (χ4n) is 2.53. The number of carbonyl (C=O) groups is 1. The van der Waals surface area contributed by atoms with Crippen LogP contribution in [0.2, 0.25) is 0 Å². The Hall–Kier alpha value is -1.47. The van der Waals surface area contributed by atoms with E-state index in [4.69, 9.17) is 10.9 Å². The molecule has 0 aromatic rings. The summed E-state index contributed by atoms with van der Waals surface area (Å²) in [6, 6.07) is 0. The second-order valence-corrected chi connectivity index (χ2v) is 5.20. The summed E-state index contributed by atoms with van der Waals surface area (Å²) < 4.78 is 38.1. The molecule has 5 nitrogen and oxygen atoms in total. The normalized spacial score (nSPS) is 27.2. The number of rotatable bonds is 2. The topological polar surface area (TPSA) is 78.9 Å². The van der Waals surface area contributed by atoms with Crippen LogP contribution in [0.15, 0.2) is 5.16 Å². The standard InChI is InChI=1S/C11H16F3N3O2/c12-11(13,14)7-2-1-5-17(6-7)9(18)10(3-4-10)8(15)16-19/h7,19H,1-6H2,(H2,15,16). The SMILES string of the molecule is NC(=NO)C1(C(=O)N2CCCC(C(F)(F)F)C2)CC1. The van der Waals surface area contributed by atoms with Crippen molar-refractivity contribution in [2.24, 2.45) is 22.2 Å². The third-order valence-electron chi connectivity index (χ3n) is 3.93. The predicted octanol–water partition coefficient (Wildman–Crippen LogP) is 1.31. The summed E-state index contributed by atoms with van der Waals surface area (Å²) in [6.07, 6.45) is -3.07. The molecule has 8 heteroatoms. The van der Waals surface area contributed by atoms with Gasteiger partial charge in [0.05, 0.1) is 5.92 Å². The van der Waals surface area contributed by atoms with E-state index in [1.165, 1.54) is 4.90 Å². The van der Waals surface area contributed by atoms with E-state index < -0.39 is 23.4 Å².